The van der Waals surface area contributed by atoms with E-state index in [1.807, 2.05) is 6.07 Å². The maximum Gasteiger partial charge on any atom is 0.159 e. The molecular formula is C31H37FN2O. The quantitative estimate of drug-likeness (QED) is 0.174. The van der Waals surface area contributed by atoms with E-state index in [0.29, 0.717) is 29.5 Å². The zero-order valence-corrected chi connectivity index (χ0v) is 21.1. The molecule has 0 spiro atoms. The number of aromatic nitrogens is 2. The molecule has 2 aromatic carbocycles. The van der Waals surface area contributed by atoms with Crippen LogP contribution in [0.3, 0.4) is 0 Å². The Labute approximate surface area is 209 Å². The minimum Gasteiger partial charge on any atom is -0.379 e. The summed E-state index contributed by atoms with van der Waals surface area (Å²) in [6.45, 7) is 8.93. The molecule has 3 nitrogen and oxygen atoms in total. The van der Waals surface area contributed by atoms with E-state index in [-0.39, 0.29) is 5.82 Å². The Morgan fingerprint density at radius 2 is 1.71 bits per heavy atom. The lowest BCUT2D eigenvalue weighted by Gasteiger charge is -2.12. The first-order chi connectivity index (χ1) is 17.1. The second-order valence-corrected chi connectivity index (χ2v) is 8.94. The third-order valence-electron chi connectivity index (χ3n) is 6.01. The van der Waals surface area contributed by atoms with Crippen molar-refractivity contribution in [2.75, 3.05) is 6.61 Å². The molecule has 0 saturated heterocycles. The third-order valence-corrected chi connectivity index (χ3v) is 6.01. The second-order valence-electron chi connectivity index (χ2n) is 8.94. The van der Waals surface area contributed by atoms with Crippen LogP contribution < -0.4 is 0 Å². The smallest absolute Gasteiger partial charge is 0.159 e. The first-order valence-corrected chi connectivity index (χ1v) is 12.7. The molecule has 4 heteroatoms. The topological polar surface area (TPSA) is 35.0 Å². The fourth-order valence-electron chi connectivity index (χ4n) is 3.88. The number of hydrogen-bond acceptors (Lipinski definition) is 3. The molecule has 0 fully saturated rings. The van der Waals surface area contributed by atoms with E-state index < -0.39 is 0 Å². The Bertz CT molecular complexity index is 1070. The molecule has 0 amide bonds. The van der Waals surface area contributed by atoms with Crippen LogP contribution in [0.5, 0.6) is 0 Å². The van der Waals surface area contributed by atoms with Gasteiger partial charge in [-0.2, -0.15) is 0 Å². The lowest BCUT2D eigenvalue weighted by atomic mass is 10.1. The Balaban J connectivity index is 1.49. The summed E-state index contributed by atoms with van der Waals surface area (Å²) in [7, 11) is 0. The van der Waals surface area contributed by atoms with Crippen LogP contribution in [-0.4, -0.2) is 22.7 Å². The minimum atomic E-state index is -0.260. The lowest BCUT2D eigenvalue weighted by molar-refractivity contribution is 0.0566. The van der Waals surface area contributed by atoms with Gasteiger partial charge in [0.25, 0.3) is 0 Å². The van der Waals surface area contributed by atoms with Gasteiger partial charge in [-0.05, 0) is 61.8 Å². The summed E-state index contributed by atoms with van der Waals surface area (Å²) in [4.78, 5) is 8.91. The van der Waals surface area contributed by atoms with Crippen molar-refractivity contribution in [1.82, 2.24) is 9.97 Å². The van der Waals surface area contributed by atoms with Crippen LogP contribution in [0.4, 0.5) is 4.39 Å². The summed E-state index contributed by atoms with van der Waals surface area (Å²) in [5.74, 6) is 0.252. The van der Waals surface area contributed by atoms with Crippen molar-refractivity contribution in [3.8, 4) is 22.5 Å². The van der Waals surface area contributed by atoms with Gasteiger partial charge < -0.3 is 4.74 Å². The fraction of sp³-hybridized carbons (Fsp3) is 0.355. The number of rotatable bonds is 14. The summed E-state index contributed by atoms with van der Waals surface area (Å²) >= 11 is 0. The second kappa shape index (κ2) is 14.3. The summed E-state index contributed by atoms with van der Waals surface area (Å²) in [6.07, 6.45) is 17.4. The molecule has 1 aromatic heterocycles. The van der Waals surface area contributed by atoms with Gasteiger partial charge in [0, 0.05) is 30.1 Å². The standard InChI is InChI=1S/C31H37FN2O/c1-4-6-10-20-35-24(3)12-8-7-9-13-25-14-16-26(17-15-25)29-22-33-31(34-23-29)28-19-18-27(11-5-2)30(32)21-28/h5,9,13-19,21-24H,2,4,6-8,10-12,20H2,1,3H3. The Kier molecular flexibility index (Phi) is 10.8. The molecule has 35 heavy (non-hydrogen) atoms. The number of hydrogen-bond donors (Lipinski definition) is 0. The molecule has 1 unspecified atom stereocenters. The summed E-state index contributed by atoms with van der Waals surface area (Å²) in [6, 6.07) is 13.5. The van der Waals surface area contributed by atoms with Gasteiger partial charge in [-0.15, -0.1) is 6.58 Å². The van der Waals surface area contributed by atoms with Crippen molar-refractivity contribution in [3.05, 3.63) is 90.5 Å². The van der Waals surface area contributed by atoms with E-state index in [0.717, 1.165) is 43.4 Å². The van der Waals surface area contributed by atoms with Gasteiger partial charge in [-0.1, -0.05) is 74.4 Å². The fourth-order valence-corrected chi connectivity index (χ4v) is 3.88. The Morgan fingerprint density at radius 3 is 2.40 bits per heavy atom. The zero-order chi connectivity index (χ0) is 24.9. The molecule has 0 saturated carbocycles. The van der Waals surface area contributed by atoms with Crippen LogP contribution in [0.15, 0.2) is 73.6 Å². The SMILES string of the molecule is C=CCc1ccc(-c2ncc(-c3ccc(C=CCCCC(C)OCCCCC)cc3)cn2)cc1F. The first kappa shape index (κ1) is 26.5. The lowest BCUT2D eigenvalue weighted by Crippen LogP contribution is -2.08. The number of benzene rings is 2. The largest absolute Gasteiger partial charge is 0.379 e. The van der Waals surface area contributed by atoms with Crippen LogP contribution >= 0.6 is 0 Å². The molecule has 3 aromatic rings. The molecule has 0 bridgehead atoms. The highest BCUT2D eigenvalue weighted by Crippen LogP contribution is 2.23. The van der Waals surface area contributed by atoms with Crippen molar-refractivity contribution in [2.24, 2.45) is 0 Å². The van der Waals surface area contributed by atoms with E-state index in [9.17, 15) is 4.39 Å². The molecule has 0 radical (unpaired) electrons. The van der Waals surface area contributed by atoms with Gasteiger partial charge >= 0.3 is 0 Å². The summed E-state index contributed by atoms with van der Waals surface area (Å²) in [5, 5.41) is 0. The molecule has 0 aliphatic rings. The highest BCUT2D eigenvalue weighted by atomic mass is 19.1. The maximum atomic E-state index is 14.2. The van der Waals surface area contributed by atoms with Gasteiger partial charge in [0.2, 0.25) is 0 Å². The van der Waals surface area contributed by atoms with Gasteiger partial charge in [-0.3, -0.25) is 0 Å². The normalized spacial score (nSPS) is 12.2. The van der Waals surface area contributed by atoms with Crippen LogP contribution in [0, 0.1) is 5.82 Å². The predicted molar refractivity (Wildman–Crippen MR) is 145 cm³/mol. The number of unbranched alkanes of at least 4 members (excludes halogenated alkanes) is 3. The van der Waals surface area contributed by atoms with Crippen LogP contribution in [0.25, 0.3) is 28.6 Å². The van der Waals surface area contributed by atoms with Gasteiger partial charge in [0.1, 0.15) is 5.82 Å². The van der Waals surface area contributed by atoms with E-state index in [2.05, 4.69) is 66.8 Å². The Hall–Kier alpha value is -3.11. The van der Waals surface area contributed by atoms with Crippen molar-refractivity contribution >= 4 is 6.08 Å². The average molecular weight is 473 g/mol. The van der Waals surface area contributed by atoms with Crippen molar-refractivity contribution < 1.29 is 9.13 Å². The molecule has 3 rings (SSSR count). The van der Waals surface area contributed by atoms with Crippen LogP contribution in [-0.2, 0) is 11.2 Å². The van der Waals surface area contributed by atoms with Crippen molar-refractivity contribution in [3.63, 3.8) is 0 Å². The molecule has 0 N–H and O–H groups in total. The van der Waals surface area contributed by atoms with Crippen LogP contribution in [0.1, 0.15) is 63.5 Å². The molecule has 1 atom stereocenters. The van der Waals surface area contributed by atoms with Crippen LogP contribution in [0.2, 0.25) is 0 Å². The minimum absolute atomic E-state index is 0.260. The number of ether oxygens (including phenoxy) is 1. The number of nitrogens with zero attached hydrogens (tertiary/aromatic N) is 2. The highest BCUT2D eigenvalue weighted by Gasteiger charge is 2.07. The summed E-state index contributed by atoms with van der Waals surface area (Å²) < 4.78 is 20.1. The van der Waals surface area contributed by atoms with Gasteiger partial charge in [-0.25, -0.2) is 14.4 Å². The first-order valence-electron chi connectivity index (χ1n) is 12.7. The maximum absolute atomic E-state index is 14.2. The molecule has 0 aliphatic carbocycles. The monoisotopic (exact) mass is 472 g/mol. The molecular weight excluding hydrogens is 435 g/mol. The summed E-state index contributed by atoms with van der Waals surface area (Å²) in [5.41, 5.74) is 4.44. The molecule has 184 valence electrons. The van der Waals surface area contributed by atoms with Crippen molar-refractivity contribution in [1.29, 1.82) is 0 Å². The van der Waals surface area contributed by atoms with Gasteiger partial charge in [0.05, 0.1) is 6.10 Å². The average Bonchev–Trinajstić information content (AvgIpc) is 2.88. The van der Waals surface area contributed by atoms with Crippen molar-refractivity contribution in [2.45, 2.75) is 64.9 Å². The van der Waals surface area contributed by atoms with E-state index in [1.165, 1.54) is 24.5 Å². The number of halogens is 1. The zero-order valence-electron chi connectivity index (χ0n) is 21.1. The third kappa shape index (κ3) is 8.56. The molecule has 1 heterocycles. The highest BCUT2D eigenvalue weighted by molar-refractivity contribution is 5.66. The Morgan fingerprint density at radius 1 is 0.971 bits per heavy atom. The van der Waals surface area contributed by atoms with E-state index in [4.69, 9.17) is 4.74 Å². The molecule has 0 aliphatic heterocycles. The predicted octanol–water partition coefficient (Wildman–Crippen LogP) is 8.46. The van der Waals surface area contributed by atoms with E-state index in [1.54, 1.807) is 24.5 Å². The van der Waals surface area contributed by atoms with Gasteiger partial charge in [0.15, 0.2) is 5.82 Å². The van der Waals surface area contributed by atoms with E-state index >= 15 is 0 Å². The number of allylic oxidation sites excluding steroid dienone is 2.